The molecular weight excluding hydrogens is 148 g/mol. The fourth-order valence-electron chi connectivity index (χ4n) is 1.82. The lowest BCUT2D eigenvalue weighted by Gasteiger charge is -2.25. The van der Waals surface area contributed by atoms with Crippen molar-refractivity contribution in [2.75, 3.05) is 0 Å². The van der Waals surface area contributed by atoms with Crippen LogP contribution in [0, 0.1) is 0 Å². The monoisotopic (exact) mass is 166 g/mol. The van der Waals surface area contributed by atoms with Gasteiger partial charge in [0.1, 0.15) is 0 Å². The molecule has 12 heavy (non-hydrogen) atoms. The van der Waals surface area contributed by atoms with E-state index in [1.54, 1.807) is 0 Å². The minimum atomic E-state index is 0.458. The van der Waals surface area contributed by atoms with Crippen molar-refractivity contribution in [1.82, 2.24) is 0 Å². The molecule has 0 amide bonds. The quantitative estimate of drug-likeness (QED) is 0.563. The summed E-state index contributed by atoms with van der Waals surface area (Å²) < 4.78 is 0. The van der Waals surface area contributed by atoms with Gasteiger partial charge in [0, 0.05) is 0 Å². The zero-order chi connectivity index (χ0) is 8.81. The molecule has 1 unspecified atom stereocenters. The van der Waals surface area contributed by atoms with Crippen molar-refractivity contribution < 1.29 is 0 Å². The smallest absolute Gasteiger partial charge is 0.0718 e. The van der Waals surface area contributed by atoms with Crippen molar-refractivity contribution in [3.63, 3.8) is 0 Å². The molecule has 0 aromatic carbocycles. The van der Waals surface area contributed by atoms with Crippen LogP contribution >= 0.6 is 0 Å². The summed E-state index contributed by atoms with van der Waals surface area (Å²) >= 11 is 0. The predicted molar refractivity (Wildman–Crippen MR) is 54.4 cm³/mol. The molecule has 1 rings (SSSR count). The van der Waals surface area contributed by atoms with E-state index < -0.39 is 0 Å². The summed E-state index contributed by atoms with van der Waals surface area (Å²) in [4.78, 5) is 8.89. The van der Waals surface area contributed by atoms with Gasteiger partial charge in [-0.3, -0.25) is 9.98 Å². The molecule has 0 saturated heterocycles. The van der Waals surface area contributed by atoms with E-state index in [4.69, 9.17) is 0 Å². The highest BCUT2D eigenvalue weighted by Gasteiger charge is 2.22. The van der Waals surface area contributed by atoms with Crippen LogP contribution in [0.1, 0.15) is 39.5 Å². The summed E-state index contributed by atoms with van der Waals surface area (Å²) in [5, 5.41) is 0. The summed E-state index contributed by atoms with van der Waals surface area (Å²) in [6.07, 6.45) is 8.89. The van der Waals surface area contributed by atoms with Gasteiger partial charge in [-0.15, -0.1) is 0 Å². The molecule has 0 aliphatic heterocycles. The fraction of sp³-hybridized carbons (Fsp3) is 0.800. The lowest BCUT2D eigenvalue weighted by molar-refractivity contribution is 0.390. The third-order valence-corrected chi connectivity index (χ3v) is 2.38. The van der Waals surface area contributed by atoms with E-state index in [1.807, 2.05) is 26.3 Å². The number of hydrogen-bond donors (Lipinski definition) is 0. The maximum absolute atomic E-state index is 4.44. The van der Waals surface area contributed by atoms with Gasteiger partial charge in [-0.2, -0.15) is 0 Å². The average molecular weight is 166 g/mol. The first kappa shape index (κ1) is 9.43. The van der Waals surface area contributed by atoms with E-state index in [-0.39, 0.29) is 0 Å². The van der Waals surface area contributed by atoms with Crippen LogP contribution < -0.4 is 0 Å². The van der Waals surface area contributed by atoms with Crippen LogP contribution in [0.4, 0.5) is 0 Å². The second-order valence-corrected chi connectivity index (χ2v) is 3.23. The molecule has 0 radical (unpaired) electrons. The largest absolute Gasteiger partial charge is 0.292 e. The van der Waals surface area contributed by atoms with Crippen LogP contribution in [-0.4, -0.2) is 24.5 Å². The molecule has 0 bridgehead atoms. The first-order chi connectivity index (χ1) is 5.88. The zero-order valence-corrected chi connectivity index (χ0v) is 8.03. The van der Waals surface area contributed by atoms with Crippen LogP contribution in [0.25, 0.3) is 0 Å². The highest BCUT2D eigenvalue weighted by molar-refractivity contribution is 5.55. The number of nitrogens with zero attached hydrogens (tertiary/aromatic N) is 2. The molecule has 1 aliphatic carbocycles. The molecule has 68 valence electrons. The molecule has 0 heterocycles. The van der Waals surface area contributed by atoms with Crippen LogP contribution in [-0.2, 0) is 0 Å². The van der Waals surface area contributed by atoms with E-state index in [1.165, 1.54) is 25.7 Å². The summed E-state index contributed by atoms with van der Waals surface area (Å²) in [6, 6.07) is 0.917. The zero-order valence-electron chi connectivity index (χ0n) is 8.03. The van der Waals surface area contributed by atoms with Gasteiger partial charge in [0.25, 0.3) is 0 Å². The van der Waals surface area contributed by atoms with Crippen LogP contribution in [0.15, 0.2) is 9.98 Å². The van der Waals surface area contributed by atoms with Crippen molar-refractivity contribution in [3.05, 3.63) is 0 Å². The van der Waals surface area contributed by atoms with Crippen LogP contribution in [0.5, 0.6) is 0 Å². The van der Waals surface area contributed by atoms with E-state index in [9.17, 15) is 0 Å². The van der Waals surface area contributed by atoms with E-state index in [0.717, 1.165) is 0 Å². The topological polar surface area (TPSA) is 24.7 Å². The number of rotatable bonds is 2. The van der Waals surface area contributed by atoms with Gasteiger partial charge >= 0.3 is 0 Å². The molecule has 1 fully saturated rings. The van der Waals surface area contributed by atoms with Crippen LogP contribution in [0.2, 0.25) is 0 Å². The predicted octanol–water partition coefficient (Wildman–Crippen LogP) is 2.48. The van der Waals surface area contributed by atoms with Crippen molar-refractivity contribution in [2.45, 2.75) is 51.6 Å². The maximum atomic E-state index is 4.44. The summed E-state index contributed by atoms with van der Waals surface area (Å²) in [6.45, 7) is 3.97. The van der Waals surface area contributed by atoms with Crippen LogP contribution in [0.3, 0.4) is 0 Å². The van der Waals surface area contributed by atoms with Crippen molar-refractivity contribution in [1.29, 1.82) is 0 Å². The Hall–Kier alpha value is -0.660. The average Bonchev–Trinajstić information content (AvgIpc) is 2.09. The molecule has 0 aromatic heterocycles. The Morgan fingerprint density at radius 2 is 1.33 bits per heavy atom. The van der Waals surface area contributed by atoms with Gasteiger partial charge in [-0.05, 0) is 39.1 Å². The van der Waals surface area contributed by atoms with Crippen molar-refractivity contribution in [3.8, 4) is 0 Å². The Morgan fingerprint density at radius 1 is 0.917 bits per heavy atom. The summed E-state index contributed by atoms with van der Waals surface area (Å²) in [5.74, 6) is 0. The SMILES string of the molecule is CC=NC1CCCC[C@@H]1N=CC. The van der Waals surface area contributed by atoms with Gasteiger partial charge < -0.3 is 0 Å². The molecule has 1 aliphatic rings. The first-order valence-electron chi connectivity index (χ1n) is 4.84. The van der Waals surface area contributed by atoms with E-state index in [0.29, 0.717) is 12.1 Å². The normalized spacial score (nSPS) is 31.8. The molecule has 1 saturated carbocycles. The minimum absolute atomic E-state index is 0.458. The van der Waals surface area contributed by atoms with Crippen molar-refractivity contribution >= 4 is 12.4 Å². The highest BCUT2D eigenvalue weighted by atomic mass is 14.9. The van der Waals surface area contributed by atoms with Crippen molar-refractivity contribution in [2.24, 2.45) is 9.98 Å². The van der Waals surface area contributed by atoms with Gasteiger partial charge in [0.15, 0.2) is 0 Å². The number of aliphatic imine (C=N–C) groups is 2. The molecule has 2 heteroatoms. The van der Waals surface area contributed by atoms with E-state index in [2.05, 4.69) is 9.98 Å². The fourth-order valence-corrected chi connectivity index (χ4v) is 1.82. The summed E-state index contributed by atoms with van der Waals surface area (Å²) in [5.41, 5.74) is 0. The lowest BCUT2D eigenvalue weighted by atomic mass is 9.91. The standard InChI is InChI=1S/C10H18N2/c1-3-11-9-7-5-6-8-10(9)12-4-2/h3-4,9-10H,5-8H2,1-2H3/t9-,10?/m0/s1. The third kappa shape index (κ3) is 2.43. The Labute approximate surface area is 74.8 Å². The van der Waals surface area contributed by atoms with Gasteiger partial charge in [-0.1, -0.05) is 12.8 Å². The van der Waals surface area contributed by atoms with Gasteiger partial charge in [0.2, 0.25) is 0 Å². The molecule has 0 aromatic rings. The second-order valence-electron chi connectivity index (χ2n) is 3.23. The third-order valence-electron chi connectivity index (χ3n) is 2.38. The highest BCUT2D eigenvalue weighted by Crippen LogP contribution is 2.23. The minimum Gasteiger partial charge on any atom is -0.292 e. The summed E-state index contributed by atoms with van der Waals surface area (Å²) in [7, 11) is 0. The van der Waals surface area contributed by atoms with E-state index >= 15 is 0 Å². The first-order valence-corrected chi connectivity index (χ1v) is 4.84. The Bertz CT molecular complexity index is 153. The molecule has 2 nitrogen and oxygen atoms in total. The molecule has 0 spiro atoms. The Balaban J connectivity index is 2.53. The molecule has 0 N–H and O–H groups in total. The second kappa shape index (κ2) is 5.07. The Morgan fingerprint density at radius 3 is 1.67 bits per heavy atom. The van der Waals surface area contributed by atoms with Gasteiger partial charge in [0.05, 0.1) is 12.1 Å². The number of hydrogen-bond acceptors (Lipinski definition) is 2. The maximum Gasteiger partial charge on any atom is 0.0718 e. The van der Waals surface area contributed by atoms with Gasteiger partial charge in [-0.25, -0.2) is 0 Å². The lowest BCUT2D eigenvalue weighted by Crippen LogP contribution is -2.26. The molecule has 2 atom stereocenters. The Kier molecular flexibility index (Phi) is 3.98. The molecular formula is C10H18N2.